The number of benzene rings is 1. The van der Waals surface area contributed by atoms with Gasteiger partial charge in [-0.05, 0) is 30.2 Å². The normalized spacial score (nSPS) is 10.3. The lowest BCUT2D eigenvalue weighted by molar-refractivity contribution is 1.02. The molecule has 5 heteroatoms. The van der Waals surface area contributed by atoms with E-state index in [2.05, 4.69) is 44.6 Å². The Bertz CT molecular complexity index is 758. The number of hydrogen-bond donors (Lipinski definition) is 2. The largest absolute Gasteiger partial charge is 0.364 e. The van der Waals surface area contributed by atoms with Crippen LogP contribution in [-0.2, 0) is 13.0 Å². The van der Waals surface area contributed by atoms with E-state index in [1.54, 1.807) is 12.5 Å². The molecule has 0 amide bonds. The Morgan fingerprint density at radius 2 is 1.74 bits per heavy atom. The van der Waals surface area contributed by atoms with Gasteiger partial charge in [0, 0.05) is 18.0 Å². The number of rotatable bonds is 6. The molecule has 0 saturated heterocycles. The summed E-state index contributed by atoms with van der Waals surface area (Å²) in [6.07, 6.45) is 4.31. The third-order valence-corrected chi connectivity index (χ3v) is 3.50. The number of pyridine rings is 1. The van der Waals surface area contributed by atoms with Gasteiger partial charge in [0.25, 0.3) is 0 Å². The van der Waals surface area contributed by atoms with E-state index in [1.165, 1.54) is 5.56 Å². The van der Waals surface area contributed by atoms with E-state index in [4.69, 9.17) is 0 Å². The minimum absolute atomic E-state index is 0.628. The van der Waals surface area contributed by atoms with Crippen molar-refractivity contribution in [3.05, 3.63) is 72.3 Å². The predicted molar refractivity (Wildman–Crippen MR) is 92.7 cm³/mol. The highest BCUT2D eigenvalue weighted by Gasteiger charge is 2.03. The molecule has 0 aliphatic rings. The van der Waals surface area contributed by atoms with Crippen molar-refractivity contribution in [2.75, 3.05) is 10.6 Å². The van der Waals surface area contributed by atoms with Gasteiger partial charge in [-0.3, -0.25) is 4.98 Å². The van der Waals surface area contributed by atoms with Crippen molar-refractivity contribution >= 4 is 17.3 Å². The second-order valence-electron chi connectivity index (χ2n) is 5.10. The molecule has 0 spiro atoms. The van der Waals surface area contributed by atoms with Gasteiger partial charge in [-0.1, -0.05) is 31.2 Å². The van der Waals surface area contributed by atoms with Crippen LogP contribution in [0.15, 0.2) is 61.1 Å². The number of aryl methyl sites for hydroxylation is 1. The Labute approximate surface area is 135 Å². The molecule has 0 aliphatic carbocycles. The summed E-state index contributed by atoms with van der Waals surface area (Å²) in [5.41, 5.74) is 3.30. The van der Waals surface area contributed by atoms with Crippen molar-refractivity contribution in [3.63, 3.8) is 0 Å². The number of nitrogens with zero attached hydrogens (tertiary/aromatic N) is 3. The van der Waals surface area contributed by atoms with Crippen LogP contribution >= 0.6 is 0 Å². The van der Waals surface area contributed by atoms with Crippen LogP contribution in [0.5, 0.6) is 0 Å². The lowest BCUT2D eigenvalue weighted by atomic mass is 10.1. The molecule has 1 aromatic carbocycles. The van der Waals surface area contributed by atoms with Gasteiger partial charge < -0.3 is 10.6 Å². The molecule has 2 heterocycles. The Hall–Kier alpha value is -2.95. The Morgan fingerprint density at radius 3 is 2.57 bits per heavy atom. The minimum Gasteiger partial charge on any atom is -0.364 e. The SMILES string of the molecule is CCc1ccccc1Nc1cc(NCc2ccccn2)ncn1. The molecule has 0 saturated carbocycles. The molecule has 0 fully saturated rings. The molecule has 2 N–H and O–H groups in total. The fourth-order valence-corrected chi connectivity index (χ4v) is 2.29. The number of nitrogens with one attached hydrogen (secondary N) is 2. The predicted octanol–water partition coefficient (Wildman–Crippen LogP) is 3.79. The standard InChI is InChI=1S/C18H19N5/c1-2-14-7-3-4-9-16(14)23-18-11-17(21-13-22-18)20-12-15-8-5-6-10-19-15/h3-11,13H,2,12H2,1H3,(H2,20,21,22,23). The van der Waals surface area contributed by atoms with E-state index in [9.17, 15) is 0 Å². The molecule has 23 heavy (non-hydrogen) atoms. The highest BCUT2D eigenvalue weighted by Crippen LogP contribution is 2.21. The van der Waals surface area contributed by atoms with E-state index in [0.717, 1.165) is 29.4 Å². The van der Waals surface area contributed by atoms with E-state index < -0.39 is 0 Å². The quantitative estimate of drug-likeness (QED) is 0.725. The number of para-hydroxylation sites is 1. The number of anilines is 3. The second kappa shape index (κ2) is 7.35. The van der Waals surface area contributed by atoms with Gasteiger partial charge in [0.05, 0.1) is 12.2 Å². The van der Waals surface area contributed by atoms with Crippen LogP contribution in [0.2, 0.25) is 0 Å². The topological polar surface area (TPSA) is 62.7 Å². The third-order valence-electron chi connectivity index (χ3n) is 3.50. The number of aromatic nitrogens is 3. The molecule has 116 valence electrons. The zero-order valence-electron chi connectivity index (χ0n) is 13.0. The van der Waals surface area contributed by atoms with Crippen LogP contribution in [0.4, 0.5) is 17.3 Å². The first-order chi connectivity index (χ1) is 11.3. The molecule has 0 atom stereocenters. The van der Waals surface area contributed by atoms with Crippen LogP contribution in [0.1, 0.15) is 18.2 Å². The van der Waals surface area contributed by atoms with Crippen LogP contribution in [0, 0.1) is 0 Å². The Kier molecular flexibility index (Phi) is 4.79. The third kappa shape index (κ3) is 4.03. The van der Waals surface area contributed by atoms with Gasteiger partial charge in [0.15, 0.2) is 0 Å². The van der Waals surface area contributed by atoms with Crippen molar-refractivity contribution in [1.29, 1.82) is 0 Å². The second-order valence-corrected chi connectivity index (χ2v) is 5.10. The van der Waals surface area contributed by atoms with Crippen molar-refractivity contribution in [1.82, 2.24) is 15.0 Å². The fraction of sp³-hybridized carbons (Fsp3) is 0.167. The summed E-state index contributed by atoms with van der Waals surface area (Å²) < 4.78 is 0. The van der Waals surface area contributed by atoms with Gasteiger partial charge in [0.2, 0.25) is 0 Å². The summed E-state index contributed by atoms with van der Waals surface area (Å²) in [4.78, 5) is 12.8. The van der Waals surface area contributed by atoms with Crippen molar-refractivity contribution in [2.24, 2.45) is 0 Å². The summed E-state index contributed by atoms with van der Waals surface area (Å²) in [6.45, 7) is 2.77. The maximum Gasteiger partial charge on any atom is 0.135 e. The maximum atomic E-state index is 4.29. The lowest BCUT2D eigenvalue weighted by Gasteiger charge is -2.11. The summed E-state index contributed by atoms with van der Waals surface area (Å²) in [5, 5.41) is 6.62. The fourth-order valence-electron chi connectivity index (χ4n) is 2.29. The highest BCUT2D eigenvalue weighted by molar-refractivity contribution is 5.62. The zero-order chi connectivity index (χ0) is 15.9. The van der Waals surface area contributed by atoms with Crippen molar-refractivity contribution in [3.8, 4) is 0 Å². The minimum atomic E-state index is 0.628. The first kappa shape index (κ1) is 15.0. The van der Waals surface area contributed by atoms with Crippen LogP contribution in [0.25, 0.3) is 0 Å². The van der Waals surface area contributed by atoms with Gasteiger partial charge in [-0.2, -0.15) is 0 Å². The van der Waals surface area contributed by atoms with Gasteiger partial charge in [-0.15, -0.1) is 0 Å². The summed E-state index contributed by atoms with van der Waals surface area (Å²) in [6, 6.07) is 16.0. The summed E-state index contributed by atoms with van der Waals surface area (Å²) >= 11 is 0. The first-order valence-corrected chi connectivity index (χ1v) is 7.66. The van der Waals surface area contributed by atoms with Crippen molar-refractivity contribution < 1.29 is 0 Å². The highest BCUT2D eigenvalue weighted by atomic mass is 15.1. The van der Waals surface area contributed by atoms with E-state index >= 15 is 0 Å². The Morgan fingerprint density at radius 1 is 0.913 bits per heavy atom. The summed E-state index contributed by atoms with van der Waals surface area (Å²) in [7, 11) is 0. The average molecular weight is 305 g/mol. The average Bonchev–Trinajstić information content (AvgIpc) is 2.62. The monoisotopic (exact) mass is 305 g/mol. The molecule has 5 nitrogen and oxygen atoms in total. The lowest BCUT2D eigenvalue weighted by Crippen LogP contribution is -2.04. The van der Waals surface area contributed by atoms with E-state index in [1.807, 2.05) is 36.4 Å². The molecule has 0 radical (unpaired) electrons. The van der Waals surface area contributed by atoms with Crippen LogP contribution in [-0.4, -0.2) is 15.0 Å². The molecule has 0 bridgehead atoms. The van der Waals surface area contributed by atoms with Gasteiger partial charge in [-0.25, -0.2) is 9.97 Å². The smallest absolute Gasteiger partial charge is 0.135 e. The first-order valence-electron chi connectivity index (χ1n) is 7.66. The molecule has 3 aromatic rings. The number of hydrogen-bond acceptors (Lipinski definition) is 5. The molecular weight excluding hydrogens is 286 g/mol. The van der Waals surface area contributed by atoms with Crippen molar-refractivity contribution in [2.45, 2.75) is 19.9 Å². The molecule has 3 rings (SSSR count). The summed E-state index contributed by atoms with van der Waals surface area (Å²) in [5.74, 6) is 1.53. The van der Waals surface area contributed by atoms with Crippen LogP contribution in [0.3, 0.4) is 0 Å². The van der Waals surface area contributed by atoms with Gasteiger partial charge >= 0.3 is 0 Å². The maximum absolute atomic E-state index is 4.29. The van der Waals surface area contributed by atoms with E-state index in [0.29, 0.717) is 6.54 Å². The van der Waals surface area contributed by atoms with E-state index in [-0.39, 0.29) is 0 Å². The van der Waals surface area contributed by atoms with Crippen LogP contribution < -0.4 is 10.6 Å². The molecular formula is C18H19N5. The Balaban J connectivity index is 1.70. The zero-order valence-corrected chi connectivity index (χ0v) is 13.0. The molecule has 0 aliphatic heterocycles. The molecule has 2 aromatic heterocycles. The van der Waals surface area contributed by atoms with Gasteiger partial charge in [0.1, 0.15) is 18.0 Å². The molecule has 0 unspecified atom stereocenters.